The molecule has 1 aromatic carbocycles. The first-order valence-corrected chi connectivity index (χ1v) is 10.0. The Morgan fingerprint density at radius 3 is 2.64 bits per heavy atom. The van der Waals surface area contributed by atoms with Crippen molar-refractivity contribution in [3.05, 3.63) is 64.4 Å². The van der Waals surface area contributed by atoms with Crippen LogP contribution in [0.4, 0.5) is 0 Å². The molecule has 25 heavy (non-hydrogen) atoms. The zero-order chi connectivity index (χ0) is 18.1. The van der Waals surface area contributed by atoms with Gasteiger partial charge in [0.25, 0.3) is 5.91 Å². The van der Waals surface area contributed by atoms with Gasteiger partial charge < -0.3 is 10.6 Å². The minimum Gasteiger partial charge on any atom is -0.349 e. The standard InChI is InChI=1S/C18H20BrN3O2S/c1-25-11-9-16(18(24)21-12-13-6-4-5-10-20-13)22-17(23)14-7-2-3-8-15(14)19/h2-8,10,16H,9,11-12H2,1H3,(H,21,24)(H,22,23)/t16-/m1/s1. The molecular formula is C18H20BrN3O2S. The van der Waals surface area contributed by atoms with E-state index in [1.54, 1.807) is 36.2 Å². The Morgan fingerprint density at radius 1 is 1.20 bits per heavy atom. The minimum absolute atomic E-state index is 0.208. The lowest BCUT2D eigenvalue weighted by Gasteiger charge is -2.18. The van der Waals surface area contributed by atoms with E-state index >= 15 is 0 Å². The SMILES string of the molecule is CSCC[C@@H](NC(=O)c1ccccc1Br)C(=O)NCc1ccccn1. The van der Waals surface area contributed by atoms with Crippen molar-refractivity contribution in [3.8, 4) is 0 Å². The smallest absolute Gasteiger partial charge is 0.253 e. The van der Waals surface area contributed by atoms with Crippen LogP contribution in [0.25, 0.3) is 0 Å². The average Bonchev–Trinajstić information content (AvgIpc) is 2.64. The molecule has 2 rings (SSSR count). The summed E-state index contributed by atoms with van der Waals surface area (Å²) in [5.41, 5.74) is 1.28. The van der Waals surface area contributed by atoms with Crippen molar-refractivity contribution in [2.75, 3.05) is 12.0 Å². The summed E-state index contributed by atoms with van der Waals surface area (Å²) in [6.45, 7) is 0.334. The van der Waals surface area contributed by atoms with Gasteiger partial charge in [0.1, 0.15) is 6.04 Å². The third-order valence-electron chi connectivity index (χ3n) is 3.52. The van der Waals surface area contributed by atoms with Crippen molar-refractivity contribution in [3.63, 3.8) is 0 Å². The van der Waals surface area contributed by atoms with Crippen LogP contribution < -0.4 is 10.6 Å². The van der Waals surface area contributed by atoms with Crippen LogP contribution in [0, 0.1) is 0 Å². The number of thioether (sulfide) groups is 1. The molecule has 2 aromatic rings. The zero-order valence-electron chi connectivity index (χ0n) is 13.9. The molecule has 0 fully saturated rings. The van der Waals surface area contributed by atoms with Crippen LogP contribution in [0.5, 0.6) is 0 Å². The quantitative estimate of drug-likeness (QED) is 0.686. The molecule has 0 saturated carbocycles. The molecule has 0 aliphatic rings. The fourth-order valence-corrected chi connectivity index (χ4v) is 3.13. The monoisotopic (exact) mass is 421 g/mol. The molecule has 0 spiro atoms. The molecule has 2 amide bonds. The Hall–Kier alpha value is -1.86. The van der Waals surface area contributed by atoms with E-state index in [-0.39, 0.29) is 11.8 Å². The second kappa shape index (κ2) is 10.2. The third-order valence-corrected chi connectivity index (χ3v) is 4.86. The predicted molar refractivity (Wildman–Crippen MR) is 104 cm³/mol. The van der Waals surface area contributed by atoms with Gasteiger partial charge in [-0.25, -0.2) is 0 Å². The maximum Gasteiger partial charge on any atom is 0.253 e. The van der Waals surface area contributed by atoms with E-state index < -0.39 is 6.04 Å². The molecule has 1 aromatic heterocycles. The van der Waals surface area contributed by atoms with Crippen LogP contribution >= 0.6 is 27.7 Å². The van der Waals surface area contributed by atoms with Gasteiger partial charge in [-0.05, 0) is 58.6 Å². The Bertz CT molecular complexity index is 712. The Morgan fingerprint density at radius 2 is 1.96 bits per heavy atom. The van der Waals surface area contributed by atoms with Gasteiger partial charge >= 0.3 is 0 Å². The molecule has 0 radical (unpaired) electrons. The van der Waals surface area contributed by atoms with Crippen LogP contribution in [-0.2, 0) is 11.3 Å². The van der Waals surface area contributed by atoms with E-state index in [0.717, 1.165) is 11.4 Å². The highest BCUT2D eigenvalue weighted by molar-refractivity contribution is 9.10. The normalized spacial score (nSPS) is 11.6. The number of carbonyl (C=O) groups excluding carboxylic acids is 2. The van der Waals surface area contributed by atoms with Gasteiger partial charge in [-0.15, -0.1) is 0 Å². The summed E-state index contributed by atoms with van der Waals surface area (Å²) >= 11 is 5.00. The van der Waals surface area contributed by atoms with E-state index in [0.29, 0.717) is 23.0 Å². The lowest BCUT2D eigenvalue weighted by atomic mass is 10.1. The van der Waals surface area contributed by atoms with Crippen LogP contribution in [0.15, 0.2) is 53.1 Å². The summed E-state index contributed by atoms with van der Waals surface area (Å²) in [5, 5.41) is 5.67. The molecule has 0 aliphatic carbocycles. The van der Waals surface area contributed by atoms with Gasteiger partial charge in [-0.1, -0.05) is 18.2 Å². The number of rotatable bonds is 8. The van der Waals surface area contributed by atoms with Crippen molar-refractivity contribution < 1.29 is 9.59 Å². The molecule has 0 unspecified atom stereocenters. The third kappa shape index (κ3) is 6.17. The van der Waals surface area contributed by atoms with Crippen molar-refractivity contribution in [1.29, 1.82) is 0 Å². The molecule has 132 valence electrons. The van der Waals surface area contributed by atoms with Crippen molar-refractivity contribution in [2.45, 2.75) is 19.0 Å². The molecule has 2 N–H and O–H groups in total. The van der Waals surface area contributed by atoms with Crippen molar-refractivity contribution in [2.24, 2.45) is 0 Å². The number of carbonyl (C=O) groups is 2. The maximum atomic E-state index is 12.5. The topological polar surface area (TPSA) is 71.1 Å². The van der Waals surface area contributed by atoms with Crippen molar-refractivity contribution >= 4 is 39.5 Å². The number of hydrogen-bond donors (Lipinski definition) is 2. The summed E-state index contributed by atoms with van der Waals surface area (Å²) in [4.78, 5) is 29.2. The van der Waals surface area contributed by atoms with Gasteiger partial charge in [0, 0.05) is 10.7 Å². The van der Waals surface area contributed by atoms with Gasteiger partial charge in [-0.2, -0.15) is 11.8 Å². The predicted octanol–water partition coefficient (Wildman–Crippen LogP) is 3.01. The number of halogens is 1. The first-order valence-electron chi connectivity index (χ1n) is 7.83. The summed E-state index contributed by atoms with van der Waals surface area (Å²) in [6.07, 6.45) is 4.21. The second-order valence-corrected chi connectivity index (χ2v) is 7.17. The molecule has 0 aliphatic heterocycles. The van der Waals surface area contributed by atoms with Crippen molar-refractivity contribution in [1.82, 2.24) is 15.6 Å². The lowest BCUT2D eigenvalue weighted by Crippen LogP contribution is -2.47. The molecular weight excluding hydrogens is 402 g/mol. The number of nitrogens with one attached hydrogen (secondary N) is 2. The van der Waals surface area contributed by atoms with Gasteiger partial charge in [-0.3, -0.25) is 14.6 Å². The second-order valence-electron chi connectivity index (χ2n) is 5.33. The molecule has 1 atom stereocenters. The van der Waals surface area contributed by atoms with Gasteiger partial charge in [0.05, 0.1) is 17.8 Å². The molecule has 5 nitrogen and oxygen atoms in total. The van der Waals surface area contributed by atoms with Crippen LogP contribution in [0.3, 0.4) is 0 Å². The van der Waals surface area contributed by atoms with Crippen LogP contribution in [0.2, 0.25) is 0 Å². The Kier molecular flexibility index (Phi) is 7.94. The summed E-state index contributed by atoms with van der Waals surface area (Å²) in [5.74, 6) is 0.296. The van der Waals surface area contributed by atoms with E-state index in [9.17, 15) is 9.59 Å². The van der Waals surface area contributed by atoms with E-state index in [1.165, 1.54) is 0 Å². The number of aromatic nitrogens is 1. The molecule has 0 bridgehead atoms. The maximum absolute atomic E-state index is 12.5. The number of nitrogens with zero attached hydrogens (tertiary/aromatic N) is 1. The summed E-state index contributed by atoms with van der Waals surface area (Å²) in [6, 6.07) is 12.1. The molecule has 7 heteroatoms. The highest BCUT2D eigenvalue weighted by atomic mass is 79.9. The van der Waals surface area contributed by atoms with E-state index in [1.807, 2.05) is 30.5 Å². The summed E-state index contributed by atoms with van der Waals surface area (Å²) in [7, 11) is 0. The highest BCUT2D eigenvalue weighted by Gasteiger charge is 2.21. The largest absolute Gasteiger partial charge is 0.349 e. The van der Waals surface area contributed by atoms with Crippen LogP contribution in [-0.4, -0.2) is 34.8 Å². The number of benzene rings is 1. The van der Waals surface area contributed by atoms with E-state index in [2.05, 4.69) is 31.5 Å². The van der Waals surface area contributed by atoms with Gasteiger partial charge in [0.2, 0.25) is 5.91 Å². The number of hydrogen-bond acceptors (Lipinski definition) is 4. The number of pyridine rings is 1. The Balaban J connectivity index is 2.00. The first kappa shape index (κ1) is 19.5. The zero-order valence-corrected chi connectivity index (χ0v) is 16.3. The van der Waals surface area contributed by atoms with Crippen LogP contribution in [0.1, 0.15) is 22.5 Å². The highest BCUT2D eigenvalue weighted by Crippen LogP contribution is 2.16. The summed E-state index contributed by atoms with van der Waals surface area (Å²) < 4.78 is 0.699. The number of amides is 2. The first-order chi connectivity index (χ1) is 12.1. The Labute approximate surface area is 160 Å². The lowest BCUT2D eigenvalue weighted by molar-refractivity contribution is -0.123. The average molecular weight is 422 g/mol. The van der Waals surface area contributed by atoms with Gasteiger partial charge in [0.15, 0.2) is 0 Å². The molecule has 1 heterocycles. The fraction of sp³-hybridized carbons (Fsp3) is 0.278. The minimum atomic E-state index is -0.587. The molecule has 0 saturated heterocycles. The van der Waals surface area contributed by atoms with E-state index in [4.69, 9.17) is 0 Å². The fourth-order valence-electron chi connectivity index (χ4n) is 2.19.